The van der Waals surface area contributed by atoms with Crippen LogP contribution in [0.3, 0.4) is 0 Å². The summed E-state index contributed by atoms with van der Waals surface area (Å²) in [5.41, 5.74) is 0. The molecule has 0 spiro atoms. The van der Waals surface area contributed by atoms with Crippen LogP contribution < -0.4 is 15.9 Å². The fraction of sp³-hybridized carbons (Fsp3) is 0.139. The molecular weight excluding hydrogens is 647 g/mol. The maximum Gasteiger partial charge on any atom is 0 e. The average Bonchev–Trinajstić information content (AvgIpc) is 3.38. The molecule has 9 heteroatoms. The normalized spacial score (nSPS) is 13.8. The van der Waals surface area contributed by atoms with Gasteiger partial charge < -0.3 is 4.74 Å². The van der Waals surface area contributed by atoms with E-state index >= 15 is 0 Å². The number of methoxy groups -OCH3 is 1. The van der Waals surface area contributed by atoms with E-state index in [9.17, 15) is 13.2 Å². The maximum atomic E-state index is 12.8. The molecule has 0 saturated carbocycles. The van der Waals surface area contributed by atoms with Gasteiger partial charge in [-0.2, -0.15) is 0 Å². The van der Waals surface area contributed by atoms with Crippen molar-refractivity contribution in [3.63, 3.8) is 0 Å². The molecule has 5 rings (SSSR count). The first kappa shape index (κ1) is 39.2. The van der Waals surface area contributed by atoms with Gasteiger partial charge in [-0.15, -0.1) is 0 Å². The molecule has 0 fully saturated rings. The molecule has 4 aromatic carbocycles. The molecular formula is C36H33FeO6PS. The van der Waals surface area contributed by atoms with Crippen molar-refractivity contribution in [1.82, 2.24) is 0 Å². The van der Waals surface area contributed by atoms with Gasteiger partial charge in [0.2, 0.25) is 0 Å². The summed E-state index contributed by atoms with van der Waals surface area (Å²) in [6.07, 6.45) is 8.71. The van der Waals surface area contributed by atoms with Crippen LogP contribution in [0.4, 0.5) is 0 Å². The minimum Gasteiger partial charge on any atom is -0.0622 e. The molecule has 45 heavy (non-hydrogen) atoms. The SMILES string of the molecule is COC(=O)C([C@H]1C=CC=CCC1)S(=O)(=O)c1ccccc1.[C-]#[O+].[C-]#[O+].[Fe].c1ccc(P(c2ccccc2)c2ccccc2)cc1. The quantitative estimate of drug-likeness (QED) is 0.0799. The second-order valence-electron chi connectivity index (χ2n) is 9.20. The zero-order chi connectivity index (χ0) is 32.2. The largest absolute Gasteiger partial charge is 0.0622 e. The van der Waals surface area contributed by atoms with Gasteiger partial charge >= 0.3 is 28.6 Å². The number of hydrogen-bond acceptors (Lipinski definition) is 4. The molecule has 0 radical (unpaired) electrons. The van der Waals surface area contributed by atoms with Gasteiger partial charge in [-0.25, -0.2) is 8.42 Å². The molecule has 0 heterocycles. The minimum absolute atomic E-state index is 0. The van der Waals surface area contributed by atoms with Gasteiger partial charge in [0.25, 0.3) is 0 Å². The molecule has 1 unspecified atom stereocenters. The zero-order valence-corrected chi connectivity index (χ0v) is 27.4. The number of benzene rings is 4. The monoisotopic (exact) mass is 680 g/mol. The number of carbonyl (C=O) groups excluding carboxylic acids is 1. The van der Waals surface area contributed by atoms with Crippen LogP contribution in [0.5, 0.6) is 0 Å². The second-order valence-corrected chi connectivity index (χ2v) is 13.5. The van der Waals surface area contributed by atoms with Crippen LogP contribution in [0.25, 0.3) is 0 Å². The van der Waals surface area contributed by atoms with Crippen LogP contribution >= 0.6 is 7.92 Å². The van der Waals surface area contributed by atoms with Crippen LogP contribution in [0, 0.1) is 19.2 Å². The summed E-state index contributed by atoms with van der Waals surface area (Å²) >= 11 is 0. The van der Waals surface area contributed by atoms with Crippen LogP contribution in [-0.2, 0) is 45.7 Å². The van der Waals surface area contributed by atoms with Gasteiger partial charge in [0, 0.05) is 23.0 Å². The van der Waals surface area contributed by atoms with Crippen molar-refractivity contribution in [2.45, 2.75) is 23.0 Å². The van der Waals surface area contributed by atoms with Gasteiger partial charge in [-0.1, -0.05) is 133 Å². The smallest absolute Gasteiger partial charge is 0 e. The predicted octanol–water partition coefficient (Wildman–Crippen LogP) is 5.89. The standard InChI is InChI=1S/C18H15P.C16H18O4S.2CO.Fe/c1-4-10-16(11-5-1)19(17-12-6-2-7-13-17)18-14-8-3-9-15-18;1-20-16(17)15(13-9-5-2-3-6-10-13)21(18,19)14-11-7-4-8-12-14;2*1-2;/h1-15H;2-5,7-9,11-13,15H,6,10H2,1H3;;;/t;13-,15?;;;/m.0.../s1. The van der Waals surface area contributed by atoms with Crippen molar-refractivity contribution in [2.24, 2.45) is 5.92 Å². The van der Waals surface area contributed by atoms with Crippen molar-refractivity contribution >= 4 is 39.6 Å². The molecule has 0 N–H and O–H groups in total. The molecule has 2 atom stereocenters. The minimum atomic E-state index is -3.78. The van der Waals surface area contributed by atoms with Crippen LogP contribution in [-0.4, -0.2) is 26.7 Å². The molecule has 0 aliphatic heterocycles. The first-order valence-electron chi connectivity index (χ1n) is 13.6. The van der Waals surface area contributed by atoms with Gasteiger partial charge in [0.1, 0.15) is 0 Å². The van der Waals surface area contributed by atoms with Crippen molar-refractivity contribution in [3.8, 4) is 0 Å². The fourth-order valence-electron chi connectivity index (χ4n) is 4.60. The number of hydrogen-bond donors (Lipinski definition) is 0. The summed E-state index contributed by atoms with van der Waals surface area (Å²) in [6, 6.07) is 40.4. The van der Waals surface area contributed by atoms with Crippen molar-refractivity contribution in [3.05, 3.63) is 159 Å². The number of esters is 1. The number of ether oxygens (including phenoxy) is 1. The van der Waals surface area contributed by atoms with Crippen LogP contribution in [0.1, 0.15) is 12.8 Å². The predicted molar refractivity (Wildman–Crippen MR) is 173 cm³/mol. The average molecular weight is 681 g/mol. The van der Waals surface area contributed by atoms with E-state index in [1.807, 2.05) is 12.2 Å². The van der Waals surface area contributed by atoms with Crippen molar-refractivity contribution in [1.29, 1.82) is 0 Å². The maximum absolute atomic E-state index is 12.8. The van der Waals surface area contributed by atoms with E-state index in [0.29, 0.717) is 6.42 Å². The fourth-order valence-corrected chi connectivity index (χ4v) is 8.77. The van der Waals surface area contributed by atoms with Crippen molar-refractivity contribution in [2.75, 3.05) is 7.11 Å². The zero-order valence-electron chi connectivity index (χ0n) is 24.6. The van der Waals surface area contributed by atoms with Gasteiger partial charge in [-0.05, 0) is 48.8 Å². The van der Waals surface area contributed by atoms with Crippen LogP contribution in [0.2, 0.25) is 0 Å². The summed E-state index contributed by atoms with van der Waals surface area (Å²) in [6.45, 7) is 9.00. The van der Waals surface area contributed by atoms with E-state index in [4.69, 9.17) is 14.0 Å². The van der Waals surface area contributed by atoms with Crippen LogP contribution in [0.15, 0.2) is 151 Å². The third-order valence-electron chi connectivity index (χ3n) is 6.54. The van der Waals surface area contributed by atoms with E-state index in [1.165, 1.54) is 35.2 Å². The molecule has 0 amide bonds. The van der Waals surface area contributed by atoms with E-state index in [0.717, 1.165) is 6.42 Å². The molecule has 1 aliphatic carbocycles. The Kier molecular flexibility index (Phi) is 19.0. The van der Waals surface area contributed by atoms with E-state index in [-0.39, 0.29) is 22.0 Å². The van der Waals surface area contributed by atoms with Gasteiger partial charge in [0.15, 0.2) is 15.1 Å². The summed E-state index contributed by atoms with van der Waals surface area (Å²) < 4.78 is 45.3. The number of allylic oxidation sites excluding steroid dienone is 4. The Bertz CT molecular complexity index is 1510. The first-order chi connectivity index (χ1) is 21.5. The summed E-state index contributed by atoms with van der Waals surface area (Å²) in [5.74, 6) is -1.10. The Morgan fingerprint density at radius 3 is 1.53 bits per heavy atom. The summed E-state index contributed by atoms with van der Waals surface area (Å²) in [5, 5.41) is 2.99. The summed E-state index contributed by atoms with van der Waals surface area (Å²) in [4.78, 5) is 12.2. The Morgan fingerprint density at radius 2 is 1.13 bits per heavy atom. The Balaban J connectivity index is 0.000000398. The van der Waals surface area contributed by atoms with E-state index < -0.39 is 34.9 Å². The molecule has 4 aromatic rings. The van der Waals surface area contributed by atoms with Gasteiger partial charge in [0.05, 0.1) is 12.0 Å². The number of sulfone groups is 1. The molecule has 0 bridgehead atoms. The molecule has 1 aliphatic rings. The van der Waals surface area contributed by atoms with Gasteiger partial charge in [-0.3, -0.25) is 4.79 Å². The molecule has 6 nitrogen and oxygen atoms in total. The third kappa shape index (κ3) is 11.6. The van der Waals surface area contributed by atoms with E-state index in [1.54, 1.807) is 30.4 Å². The molecule has 0 saturated heterocycles. The molecule has 0 aromatic heterocycles. The Labute approximate surface area is 277 Å². The second kappa shape index (κ2) is 21.8. The first-order valence-corrected chi connectivity index (χ1v) is 16.5. The third-order valence-corrected chi connectivity index (χ3v) is 11.1. The Morgan fingerprint density at radius 1 is 0.733 bits per heavy atom. The summed E-state index contributed by atoms with van der Waals surface area (Å²) in [7, 11) is -3.01. The topological polar surface area (TPSA) is 100 Å². The van der Waals surface area contributed by atoms with E-state index in [2.05, 4.69) is 104 Å². The van der Waals surface area contributed by atoms with Crippen molar-refractivity contribution < 1.29 is 44.3 Å². The number of rotatable bonds is 7. The number of carbonyl (C=O) groups is 1. The molecule has 232 valence electrons. The Hall–Kier alpha value is -3.79.